The van der Waals surface area contributed by atoms with Gasteiger partial charge in [-0.05, 0) is 62.2 Å². The van der Waals surface area contributed by atoms with Crippen LogP contribution in [0.1, 0.15) is 19.3 Å². The summed E-state index contributed by atoms with van der Waals surface area (Å²) in [6.45, 7) is 3.58. The van der Waals surface area contributed by atoms with E-state index in [4.69, 9.17) is 14.7 Å². The maximum absolute atomic E-state index is 13.7. The molecule has 200 valence electrons. The largest absolute Gasteiger partial charge is 0.497 e. The van der Waals surface area contributed by atoms with Crippen LogP contribution in [0.3, 0.4) is 0 Å². The molecule has 2 unspecified atom stereocenters. The number of aromatic nitrogens is 3. The molecule has 4 aromatic rings. The highest BCUT2D eigenvalue weighted by Crippen LogP contribution is 2.37. The molecule has 3 aliphatic rings. The fourth-order valence-electron chi connectivity index (χ4n) is 6.33. The number of fused-ring (bicyclic) bond motifs is 3. The van der Waals surface area contributed by atoms with Gasteiger partial charge in [0.2, 0.25) is 5.95 Å². The number of piperazine rings is 1. The van der Waals surface area contributed by atoms with Crippen molar-refractivity contribution in [2.75, 3.05) is 48.4 Å². The van der Waals surface area contributed by atoms with Crippen molar-refractivity contribution in [1.82, 2.24) is 20.3 Å². The van der Waals surface area contributed by atoms with Crippen LogP contribution in [0.15, 0.2) is 65.5 Å². The normalized spacial score (nSPS) is 22.4. The second kappa shape index (κ2) is 9.89. The Morgan fingerprint density at radius 2 is 1.79 bits per heavy atom. The zero-order chi connectivity index (χ0) is 26.3. The Bertz CT molecular complexity index is 1550. The average Bonchev–Trinajstić information content (AvgIpc) is 3.59. The van der Waals surface area contributed by atoms with Gasteiger partial charge in [0.15, 0.2) is 0 Å². The molecular formula is C30H33N7O2. The smallest absolute Gasteiger partial charge is 0.263 e. The number of piperidine rings is 1. The molecule has 2 aromatic heterocycles. The quantitative estimate of drug-likeness (QED) is 0.353. The van der Waals surface area contributed by atoms with Crippen molar-refractivity contribution in [2.24, 2.45) is 0 Å². The van der Waals surface area contributed by atoms with E-state index >= 15 is 0 Å². The van der Waals surface area contributed by atoms with E-state index in [0.717, 1.165) is 62.1 Å². The first-order valence-corrected chi connectivity index (χ1v) is 13.8. The third kappa shape index (κ3) is 4.46. The molecule has 2 aromatic carbocycles. The lowest BCUT2D eigenvalue weighted by molar-refractivity contribution is 0.415. The van der Waals surface area contributed by atoms with Gasteiger partial charge in [0.1, 0.15) is 17.1 Å². The number of para-hydroxylation sites is 1. The summed E-state index contributed by atoms with van der Waals surface area (Å²) in [7, 11) is 1.69. The van der Waals surface area contributed by atoms with E-state index in [0.29, 0.717) is 29.1 Å². The number of nitrogens with one attached hydrogen (secondary N) is 3. The highest BCUT2D eigenvalue weighted by atomic mass is 16.5. The fourth-order valence-corrected chi connectivity index (χ4v) is 6.33. The number of anilines is 3. The number of rotatable bonds is 6. The van der Waals surface area contributed by atoms with Gasteiger partial charge in [0, 0.05) is 42.8 Å². The van der Waals surface area contributed by atoms with Gasteiger partial charge in [-0.15, -0.1) is 0 Å². The highest BCUT2D eigenvalue weighted by molar-refractivity contribution is 5.83. The Morgan fingerprint density at radius 1 is 0.974 bits per heavy atom. The number of hydrogen-bond donors (Lipinski definition) is 3. The molecule has 9 heteroatoms. The van der Waals surface area contributed by atoms with Crippen molar-refractivity contribution in [2.45, 2.75) is 37.4 Å². The third-order valence-corrected chi connectivity index (χ3v) is 8.32. The van der Waals surface area contributed by atoms with Gasteiger partial charge in [-0.1, -0.05) is 24.3 Å². The summed E-state index contributed by atoms with van der Waals surface area (Å²) >= 11 is 0. The number of benzene rings is 2. The molecule has 3 N–H and O–H groups in total. The van der Waals surface area contributed by atoms with Gasteiger partial charge in [0.25, 0.3) is 5.56 Å². The van der Waals surface area contributed by atoms with Gasteiger partial charge >= 0.3 is 0 Å². The van der Waals surface area contributed by atoms with Crippen molar-refractivity contribution < 1.29 is 4.74 Å². The molecule has 0 saturated carbocycles. The van der Waals surface area contributed by atoms with Gasteiger partial charge < -0.3 is 25.2 Å². The van der Waals surface area contributed by atoms with E-state index in [9.17, 15) is 4.79 Å². The Morgan fingerprint density at radius 3 is 2.56 bits per heavy atom. The number of H-pyrrole nitrogens is 1. The van der Waals surface area contributed by atoms with E-state index in [1.165, 1.54) is 5.69 Å². The van der Waals surface area contributed by atoms with Crippen LogP contribution in [-0.4, -0.2) is 66.4 Å². The number of methoxy groups -OCH3 is 1. The molecule has 0 radical (unpaired) electrons. The van der Waals surface area contributed by atoms with Crippen LogP contribution in [0.2, 0.25) is 0 Å². The monoisotopic (exact) mass is 523 g/mol. The molecular weight excluding hydrogens is 490 g/mol. The minimum Gasteiger partial charge on any atom is -0.497 e. The average molecular weight is 524 g/mol. The van der Waals surface area contributed by atoms with E-state index in [2.05, 4.69) is 37.6 Å². The van der Waals surface area contributed by atoms with Crippen LogP contribution in [0.4, 0.5) is 17.5 Å². The van der Waals surface area contributed by atoms with E-state index in [1.54, 1.807) is 7.11 Å². The fraction of sp³-hybridized carbons (Fsp3) is 0.367. The minimum absolute atomic E-state index is 0.163. The summed E-state index contributed by atoms with van der Waals surface area (Å²) in [5.41, 5.74) is 3.03. The molecule has 5 heterocycles. The summed E-state index contributed by atoms with van der Waals surface area (Å²) in [5.74, 6) is 2.11. The Kier molecular flexibility index (Phi) is 6.08. The maximum Gasteiger partial charge on any atom is 0.263 e. The van der Waals surface area contributed by atoms with Crippen molar-refractivity contribution in [3.05, 3.63) is 71.0 Å². The Labute approximate surface area is 227 Å². The van der Waals surface area contributed by atoms with E-state index in [1.807, 2.05) is 48.5 Å². The lowest BCUT2D eigenvalue weighted by atomic mass is 10.1. The lowest BCUT2D eigenvalue weighted by Crippen LogP contribution is -2.47. The SMILES string of the molecule is COc1ccc(N2CC3CC2CN3c2nc(N[C@@H]3CCCNC3)c(-c3ccc4ccccc4n3)c(=O)[nH]2)cc1. The van der Waals surface area contributed by atoms with Crippen molar-refractivity contribution in [3.8, 4) is 17.0 Å². The van der Waals surface area contributed by atoms with E-state index < -0.39 is 0 Å². The van der Waals surface area contributed by atoms with Crippen LogP contribution in [0, 0.1) is 0 Å². The van der Waals surface area contributed by atoms with E-state index in [-0.39, 0.29) is 17.6 Å². The van der Waals surface area contributed by atoms with Crippen molar-refractivity contribution in [3.63, 3.8) is 0 Å². The standard InChI is InChI=1S/C30H33N7O2/c1-39-24-11-9-21(10-12-24)36-17-23-15-22(36)18-37(23)30-34-28(32-20-6-4-14-31-16-20)27(29(38)35-30)26-13-8-19-5-2-3-7-25(19)33-26/h2-3,5,7-13,20,22-23,31H,4,6,14-18H2,1H3,(H2,32,34,35,38)/t20-,22?,23?/m1/s1. The summed E-state index contributed by atoms with van der Waals surface area (Å²) in [4.78, 5) is 31.5. The molecule has 3 saturated heterocycles. The number of nitrogens with zero attached hydrogens (tertiary/aromatic N) is 4. The third-order valence-electron chi connectivity index (χ3n) is 8.32. The number of ether oxygens (including phenoxy) is 1. The van der Waals surface area contributed by atoms with Gasteiger partial charge in [-0.3, -0.25) is 9.78 Å². The molecule has 39 heavy (non-hydrogen) atoms. The number of pyridine rings is 1. The number of hydrogen-bond acceptors (Lipinski definition) is 8. The molecule has 0 spiro atoms. The van der Waals surface area contributed by atoms with Crippen LogP contribution in [0.5, 0.6) is 5.75 Å². The summed E-state index contributed by atoms with van der Waals surface area (Å²) in [5, 5.41) is 8.11. The van der Waals surface area contributed by atoms with Crippen LogP contribution in [-0.2, 0) is 0 Å². The van der Waals surface area contributed by atoms with Crippen LogP contribution in [0.25, 0.3) is 22.2 Å². The summed E-state index contributed by atoms with van der Waals surface area (Å²) in [6.07, 6.45) is 3.17. The second-order valence-corrected chi connectivity index (χ2v) is 10.7. The van der Waals surface area contributed by atoms with Gasteiger partial charge in [-0.25, -0.2) is 4.98 Å². The first-order valence-electron chi connectivity index (χ1n) is 13.8. The van der Waals surface area contributed by atoms with Gasteiger partial charge in [-0.2, -0.15) is 4.98 Å². The summed E-state index contributed by atoms with van der Waals surface area (Å²) in [6, 6.07) is 21.0. The van der Waals surface area contributed by atoms with Crippen LogP contribution < -0.4 is 30.7 Å². The molecule has 9 nitrogen and oxygen atoms in total. The first kappa shape index (κ1) is 24.0. The first-order chi connectivity index (χ1) is 19.2. The summed E-state index contributed by atoms with van der Waals surface area (Å²) < 4.78 is 5.33. The molecule has 7 rings (SSSR count). The lowest BCUT2D eigenvalue weighted by Gasteiger charge is -2.36. The molecule has 3 atom stereocenters. The topological polar surface area (TPSA) is 98.4 Å². The number of aromatic amines is 1. The molecule has 0 amide bonds. The zero-order valence-electron chi connectivity index (χ0n) is 22.1. The van der Waals surface area contributed by atoms with Crippen LogP contribution >= 0.6 is 0 Å². The van der Waals surface area contributed by atoms with Crippen molar-refractivity contribution >= 4 is 28.4 Å². The zero-order valence-corrected chi connectivity index (χ0v) is 22.1. The Hall–Kier alpha value is -4.11. The highest BCUT2D eigenvalue weighted by Gasteiger charge is 2.44. The molecule has 2 bridgehead atoms. The predicted octanol–water partition coefficient (Wildman–Crippen LogP) is 3.63. The second-order valence-electron chi connectivity index (χ2n) is 10.7. The molecule has 0 aliphatic carbocycles. The predicted molar refractivity (Wildman–Crippen MR) is 155 cm³/mol. The van der Waals surface area contributed by atoms with Crippen molar-refractivity contribution in [1.29, 1.82) is 0 Å². The molecule has 3 aliphatic heterocycles. The Balaban J connectivity index is 1.21. The van der Waals surface area contributed by atoms with Gasteiger partial charge in [0.05, 0.1) is 24.4 Å². The maximum atomic E-state index is 13.7. The molecule has 3 fully saturated rings. The minimum atomic E-state index is -0.163.